The van der Waals surface area contributed by atoms with Crippen LogP contribution in [0.3, 0.4) is 0 Å². The lowest BCUT2D eigenvalue weighted by atomic mass is 10.0. The Kier molecular flexibility index (Phi) is 4.50. The number of ether oxygens (including phenoxy) is 1. The molecule has 150 valence electrons. The molecule has 1 saturated carbocycles. The zero-order valence-corrected chi connectivity index (χ0v) is 16.2. The molecular formula is C23H18F2N4O. The van der Waals surface area contributed by atoms with Crippen LogP contribution in [0.25, 0.3) is 33.4 Å². The Bertz CT molecular complexity index is 1240. The fourth-order valence-electron chi connectivity index (χ4n) is 3.39. The molecule has 1 aliphatic carbocycles. The molecule has 7 heteroatoms. The van der Waals surface area contributed by atoms with E-state index in [9.17, 15) is 8.78 Å². The van der Waals surface area contributed by atoms with E-state index in [2.05, 4.69) is 10.3 Å². The van der Waals surface area contributed by atoms with Gasteiger partial charge in [0.15, 0.2) is 17.5 Å². The lowest BCUT2D eigenvalue weighted by molar-refractivity contribution is 0.419. The maximum atomic E-state index is 14.5. The summed E-state index contributed by atoms with van der Waals surface area (Å²) < 4.78 is 33.8. The summed E-state index contributed by atoms with van der Waals surface area (Å²) in [7, 11) is 1.53. The van der Waals surface area contributed by atoms with Crippen molar-refractivity contribution in [2.24, 2.45) is 0 Å². The molecule has 1 fully saturated rings. The number of rotatable bonds is 5. The SMILES string of the molecule is COc1cc(-c2cccc(F)c2F)cc2c(NC3CC3)nc(-c3cccnc3)nc12. The molecule has 30 heavy (non-hydrogen) atoms. The summed E-state index contributed by atoms with van der Waals surface area (Å²) in [5.41, 5.74) is 2.02. The van der Waals surface area contributed by atoms with E-state index in [-0.39, 0.29) is 5.56 Å². The van der Waals surface area contributed by atoms with Gasteiger partial charge in [-0.1, -0.05) is 12.1 Å². The molecule has 0 saturated heterocycles. The first-order valence-electron chi connectivity index (χ1n) is 9.65. The predicted molar refractivity (Wildman–Crippen MR) is 111 cm³/mol. The molecule has 0 bridgehead atoms. The molecule has 0 unspecified atom stereocenters. The summed E-state index contributed by atoms with van der Waals surface area (Å²) in [5.74, 6) is -0.188. The van der Waals surface area contributed by atoms with Gasteiger partial charge in [0.05, 0.1) is 7.11 Å². The third-order valence-corrected chi connectivity index (χ3v) is 5.09. The van der Waals surface area contributed by atoms with E-state index < -0.39 is 11.6 Å². The van der Waals surface area contributed by atoms with E-state index in [1.165, 1.54) is 19.2 Å². The van der Waals surface area contributed by atoms with Crippen LogP contribution in [-0.4, -0.2) is 28.1 Å². The smallest absolute Gasteiger partial charge is 0.166 e. The Hall–Kier alpha value is -3.61. The molecule has 0 amide bonds. The molecule has 1 aliphatic rings. The summed E-state index contributed by atoms with van der Waals surface area (Å²) in [6.07, 6.45) is 5.51. The quantitative estimate of drug-likeness (QED) is 0.494. The van der Waals surface area contributed by atoms with E-state index in [0.29, 0.717) is 39.9 Å². The summed E-state index contributed by atoms with van der Waals surface area (Å²) >= 11 is 0. The van der Waals surface area contributed by atoms with Crippen LogP contribution in [0.5, 0.6) is 5.75 Å². The van der Waals surface area contributed by atoms with Crippen molar-refractivity contribution in [1.82, 2.24) is 15.0 Å². The maximum Gasteiger partial charge on any atom is 0.166 e. The number of hydrogen-bond acceptors (Lipinski definition) is 5. The number of benzene rings is 2. The molecule has 5 rings (SSSR count). The zero-order valence-electron chi connectivity index (χ0n) is 16.2. The molecule has 1 N–H and O–H groups in total. The Labute approximate surface area is 171 Å². The highest BCUT2D eigenvalue weighted by atomic mass is 19.2. The number of pyridine rings is 1. The Morgan fingerprint density at radius 2 is 1.90 bits per heavy atom. The first-order chi connectivity index (χ1) is 14.6. The highest BCUT2D eigenvalue weighted by Crippen LogP contribution is 2.38. The molecule has 0 spiro atoms. The van der Waals surface area contributed by atoms with Crippen molar-refractivity contribution in [2.45, 2.75) is 18.9 Å². The van der Waals surface area contributed by atoms with Crippen LogP contribution < -0.4 is 10.1 Å². The van der Waals surface area contributed by atoms with Gasteiger partial charge in [-0.25, -0.2) is 18.7 Å². The molecular weight excluding hydrogens is 386 g/mol. The molecule has 4 aromatic rings. The van der Waals surface area contributed by atoms with Crippen LogP contribution in [0.4, 0.5) is 14.6 Å². The fraction of sp³-hybridized carbons (Fsp3) is 0.174. The Balaban J connectivity index is 1.76. The van der Waals surface area contributed by atoms with Gasteiger partial charge >= 0.3 is 0 Å². The topological polar surface area (TPSA) is 59.9 Å². The molecule has 0 aliphatic heterocycles. The summed E-state index contributed by atoms with van der Waals surface area (Å²) in [6, 6.07) is 11.6. The first-order valence-corrected chi connectivity index (χ1v) is 9.65. The number of nitrogens with one attached hydrogen (secondary N) is 1. The van der Waals surface area contributed by atoms with Crippen molar-refractivity contribution in [3.63, 3.8) is 0 Å². The number of nitrogens with zero attached hydrogens (tertiary/aromatic N) is 3. The molecule has 2 aromatic carbocycles. The molecule has 0 radical (unpaired) electrons. The van der Waals surface area contributed by atoms with Gasteiger partial charge in [0, 0.05) is 34.9 Å². The van der Waals surface area contributed by atoms with Gasteiger partial charge in [-0.05, 0) is 48.7 Å². The van der Waals surface area contributed by atoms with Crippen LogP contribution in [0.1, 0.15) is 12.8 Å². The van der Waals surface area contributed by atoms with Crippen molar-refractivity contribution < 1.29 is 13.5 Å². The number of hydrogen-bond donors (Lipinski definition) is 1. The molecule has 2 heterocycles. The van der Waals surface area contributed by atoms with E-state index >= 15 is 0 Å². The van der Waals surface area contributed by atoms with Crippen molar-refractivity contribution in [3.8, 4) is 28.3 Å². The van der Waals surface area contributed by atoms with E-state index in [4.69, 9.17) is 14.7 Å². The molecule has 0 atom stereocenters. The summed E-state index contributed by atoms with van der Waals surface area (Å²) in [6.45, 7) is 0. The number of anilines is 1. The first kappa shape index (κ1) is 18.4. The van der Waals surface area contributed by atoms with Crippen molar-refractivity contribution in [3.05, 3.63) is 66.5 Å². The summed E-state index contributed by atoms with van der Waals surface area (Å²) in [4.78, 5) is 13.6. The monoisotopic (exact) mass is 404 g/mol. The van der Waals surface area contributed by atoms with Gasteiger partial charge in [0.1, 0.15) is 17.1 Å². The van der Waals surface area contributed by atoms with Gasteiger partial charge in [0.2, 0.25) is 0 Å². The van der Waals surface area contributed by atoms with Crippen molar-refractivity contribution >= 4 is 16.7 Å². The van der Waals surface area contributed by atoms with Crippen molar-refractivity contribution in [1.29, 1.82) is 0 Å². The third-order valence-electron chi connectivity index (χ3n) is 5.09. The van der Waals surface area contributed by atoms with Crippen LogP contribution in [-0.2, 0) is 0 Å². The second-order valence-corrected chi connectivity index (χ2v) is 7.23. The lowest BCUT2D eigenvalue weighted by Gasteiger charge is -2.15. The van der Waals surface area contributed by atoms with Gasteiger partial charge in [-0.2, -0.15) is 0 Å². The van der Waals surface area contributed by atoms with Crippen LogP contribution in [0, 0.1) is 11.6 Å². The van der Waals surface area contributed by atoms with E-state index in [1.54, 1.807) is 24.5 Å². The average Bonchev–Trinajstić information content (AvgIpc) is 3.59. The average molecular weight is 404 g/mol. The minimum absolute atomic E-state index is 0.156. The second-order valence-electron chi connectivity index (χ2n) is 7.23. The second kappa shape index (κ2) is 7.33. The molecule has 5 nitrogen and oxygen atoms in total. The number of fused-ring (bicyclic) bond motifs is 1. The maximum absolute atomic E-state index is 14.5. The molecule has 2 aromatic heterocycles. The van der Waals surface area contributed by atoms with Crippen LogP contribution in [0.15, 0.2) is 54.9 Å². The van der Waals surface area contributed by atoms with Gasteiger partial charge in [-0.15, -0.1) is 0 Å². The normalized spacial score (nSPS) is 13.4. The Morgan fingerprint density at radius 3 is 2.63 bits per heavy atom. The van der Waals surface area contributed by atoms with E-state index in [0.717, 1.165) is 24.5 Å². The van der Waals surface area contributed by atoms with Gasteiger partial charge < -0.3 is 10.1 Å². The minimum atomic E-state index is -0.900. The number of aromatic nitrogens is 3. The third kappa shape index (κ3) is 3.32. The predicted octanol–water partition coefficient (Wildman–Crippen LogP) is 5.22. The highest BCUT2D eigenvalue weighted by Gasteiger charge is 2.24. The highest BCUT2D eigenvalue weighted by molar-refractivity contribution is 5.98. The standard InChI is InChI=1S/C23H18F2N4O/c1-30-19-11-14(16-5-2-6-18(24)20(16)25)10-17-21(19)28-22(13-4-3-9-26-12-13)29-23(17)27-15-7-8-15/h2-6,9-12,15H,7-8H2,1H3,(H,27,28,29). The zero-order chi connectivity index (χ0) is 20.7. The van der Waals surface area contributed by atoms with E-state index in [1.807, 2.05) is 12.1 Å². The lowest BCUT2D eigenvalue weighted by Crippen LogP contribution is -2.06. The summed E-state index contributed by atoms with van der Waals surface area (Å²) in [5, 5.41) is 4.12. The van der Waals surface area contributed by atoms with Crippen LogP contribution in [0.2, 0.25) is 0 Å². The van der Waals surface area contributed by atoms with Crippen LogP contribution >= 0.6 is 0 Å². The number of halogens is 2. The van der Waals surface area contributed by atoms with Gasteiger partial charge in [0.25, 0.3) is 0 Å². The largest absolute Gasteiger partial charge is 0.494 e. The minimum Gasteiger partial charge on any atom is -0.494 e. The van der Waals surface area contributed by atoms with Gasteiger partial charge in [-0.3, -0.25) is 4.98 Å². The van der Waals surface area contributed by atoms with Crippen molar-refractivity contribution in [2.75, 3.05) is 12.4 Å². The fourth-order valence-corrected chi connectivity index (χ4v) is 3.39. The number of methoxy groups -OCH3 is 1. The Morgan fingerprint density at radius 1 is 1.03 bits per heavy atom.